The van der Waals surface area contributed by atoms with Crippen molar-refractivity contribution in [1.29, 1.82) is 0 Å². The lowest BCUT2D eigenvalue weighted by molar-refractivity contribution is -0.137. The van der Waals surface area contributed by atoms with E-state index in [2.05, 4.69) is 56.3 Å². The second-order valence-electron chi connectivity index (χ2n) is 9.17. The number of benzene rings is 1. The van der Waals surface area contributed by atoms with Crippen LogP contribution in [0.1, 0.15) is 103 Å². The zero-order valence-corrected chi connectivity index (χ0v) is 20.2. The number of ketones is 1. The molecule has 1 aromatic carbocycles. The fraction of sp³-hybridized carbons (Fsp3) is 0.621. The second-order valence-corrected chi connectivity index (χ2v) is 9.17. The van der Waals surface area contributed by atoms with Crippen molar-refractivity contribution in [3.63, 3.8) is 0 Å². The van der Waals surface area contributed by atoms with Crippen molar-refractivity contribution < 1.29 is 9.53 Å². The molecule has 1 aliphatic rings. The van der Waals surface area contributed by atoms with Crippen molar-refractivity contribution in [3.05, 3.63) is 54.1 Å². The summed E-state index contributed by atoms with van der Waals surface area (Å²) in [6, 6.07) is 10.5. The highest BCUT2D eigenvalue weighted by atomic mass is 16.5. The first-order valence-electron chi connectivity index (χ1n) is 12.7. The molecule has 31 heavy (non-hydrogen) atoms. The minimum atomic E-state index is -0.411. The van der Waals surface area contributed by atoms with Gasteiger partial charge in [0, 0.05) is 6.61 Å². The molecule has 0 aromatic heterocycles. The Morgan fingerprint density at radius 3 is 2.23 bits per heavy atom. The molecule has 172 valence electrons. The minimum Gasteiger partial charge on any atom is -0.371 e. The zero-order chi connectivity index (χ0) is 22.4. The molecule has 2 rings (SSSR count). The lowest BCUT2D eigenvalue weighted by atomic mass is 9.71. The van der Waals surface area contributed by atoms with Gasteiger partial charge in [0.1, 0.15) is 6.10 Å². The lowest BCUT2D eigenvalue weighted by Gasteiger charge is -2.33. The zero-order valence-electron chi connectivity index (χ0n) is 20.2. The summed E-state index contributed by atoms with van der Waals surface area (Å²) in [6.45, 7) is 7.11. The summed E-state index contributed by atoms with van der Waals surface area (Å²) in [5.41, 5.74) is 2.03. The van der Waals surface area contributed by atoms with Crippen molar-refractivity contribution in [2.24, 2.45) is 5.41 Å². The van der Waals surface area contributed by atoms with Gasteiger partial charge in [0.05, 0.1) is 5.41 Å². The topological polar surface area (TPSA) is 26.3 Å². The van der Waals surface area contributed by atoms with Gasteiger partial charge in [0.15, 0.2) is 5.78 Å². The van der Waals surface area contributed by atoms with Gasteiger partial charge in [0.2, 0.25) is 0 Å². The number of carbonyl (C=O) groups is 1. The third-order valence-corrected chi connectivity index (χ3v) is 6.58. The molecular formula is C29H44O2. The summed E-state index contributed by atoms with van der Waals surface area (Å²) in [5, 5.41) is 0. The van der Waals surface area contributed by atoms with E-state index in [4.69, 9.17) is 4.74 Å². The number of ether oxygens (including phenoxy) is 1. The molecule has 0 saturated heterocycles. The van der Waals surface area contributed by atoms with Crippen molar-refractivity contribution in [3.8, 4) is 0 Å². The van der Waals surface area contributed by atoms with E-state index in [1.807, 2.05) is 13.0 Å². The van der Waals surface area contributed by atoms with E-state index in [-0.39, 0.29) is 11.9 Å². The molecule has 0 heterocycles. The Balaban J connectivity index is 2.00. The molecule has 0 bridgehead atoms. The molecule has 2 atom stereocenters. The van der Waals surface area contributed by atoms with Gasteiger partial charge in [0.25, 0.3) is 0 Å². The Morgan fingerprint density at radius 2 is 1.58 bits per heavy atom. The summed E-state index contributed by atoms with van der Waals surface area (Å²) < 4.78 is 6.00. The highest BCUT2D eigenvalue weighted by molar-refractivity contribution is 5.92. The smallest absolute Gasteiger partial charge is 0.171 e. The van der Waals surface area contributed by atoms with E-state index >= 15 is 0 Å². The molecular weight excluding hydrogens is 380 g/mol. The number of rotatable bonds is 16. The first-order valence-corrected chi connectivity index (χ1v) is 12.7. The number of hydrogen-bond acceptors (Lipinski definition) is 2. The second kappa shape index (κ2) is 14.4. The van der Waals surface area contributed by atoms with Gasteiger partial charge >= 0.3 is 0 Å². The van der Waals surface area contributed by atoms with E-state index in [0.29, 0.717) is 6.61 Å². The van der Waals surface area contributed by atoms with Gasteiger partial charge in [-0.1, -0.05) is 120 Å². The molecule has 2 nitrogen and oxygen atoms in total. The molecule has 1 aromatic rings. The third-order valence-electron chi connectivity index (χ3n) is 6.58. The molecule has 0 saturated carbocycles. The van der Waals surface area contributed by atoms with Crippen LogP contribution in [0.5, 0.6) is 0 Å². The number of allylic oxidation sites excluding steroid dienone is 4. The predicted molar refractivity (Wildman–Crippen MR) is 133 cm³/mol. The number of hydrogen-bond donors (Lipinski definition) is 0. The predicted octanol–water partition coefficient (Wildman–Crippen LogP) is 8.32. The molecule has 0 fully saturated rings. The molecule has 0 radical (unpaired) electrons. The maximum atomic E-state index is 13.5. The number of Topliss-reactive ketones (excluding diaryl/α,β-unsaturated/α-hetero) is 1. The van der Waals surface area contributed by atoms with Crippen LogP contribution in [0.15, 0.2) is 48.6 Å². The van der Waals surface area contributed by atoms with Crippen LogP contribution in [-0.4, -0.2) is 18.5 Å². The maximum absolute atomic E-state index is 13.5. The quantitative estimate of drug-likeness (QED) is 0.249. The molecule has 2 heteroatoms. The Morgan fingerprint density at radius 1 is 0.935 bits per heavy atom. The fourth-order valence-corrected chi connectivity index (χ4v) is 4.50. The Labute approximate surface area is 191 Å². The van der Waals surface area contributed by atoms with E-state index in [1.165, 1.54) is 62.5 Å². The first-order chi connectivity index (χ1) is 15.1. The van der Waals surface area contributed by atoms with E-state index in [9.17, 15) is 4.79 Å². The summed E-state index contributed by atoms with van der Waals surface area (Å²) in [5.74, 6) is 0.260. The monoisotopic (exact) mass is 424 g/mol. The van der Waals surface area contributed by atoms with Crippen LogP contribution < -0.4 is 0 Å². The van der Waals surface area contributed by atoms with Crippen LogP contribution >= 0.6 is 0 Å². The van der Waals surface area contributed by atoms with Gasteiger partial charge in [-0.05, 0) is 37.3 Å². The molecule has 0 aliphatic heterocycles. The highest BCUT2D eigenvalue weighted by Crippen LogP contribution is 2.39. The fourth-order valence-electron chi connectivity index (χ4n) is 4.50. The van der Waals surface area contributed by atoms with Gasteiger partial charge in [-0.15, -0.1) is 0 Å². The van der Waals surface area contributed by atoms with Crippen molar-refractivity contribution in [2.45, 2.75) is 104 Å². The first kappa shape index (κ1) is 25.6. The third kappa shape index (κ3) is 8.41. The molecule has 1 aliphatic carbocycles. The van der Waals surface area contributed by atoms with Crippen LogP contribution in [0.25, 0.3) is 5.57 Å². The number of carbonyl (C=O) groups excluding carboxylic acids is 1. The van der Waals surface area contributed by atoms with Crippen molar-refractivity contribution in [2.75, 3.05) is 6.61 Å². The summed E-state index contributed by atoms with van der Waals surface area (Å²) >= 11 is 0. The van der Waals surface area contributed by atoms with Gasteiger partial charge in [-0.3, -0.25) is 4.79 Å². The van der Waals surface area contributed by atoms with Crippen LogP contribution in [0, 0.1) is 5.41 Å². The van der Waals surface area contributed by atoms with E-state index in [1.54, 1.807) is 0 Å². The van der Waals surface area contributed by atoms with Crippen LogP contribution in [0.2, 0.25) is 0 Å². The molecule has 0 spiro atoms. The average molecular weight is 425 g/mol. The van der Waals surface area contributed by atoms with Crippen molar-refractivity contribution >= 4 is 11.4 Å². The minimum absolute atomic E-state index is 0.260. The molecule has 0 N–H and O–H groups in total. The standard InChI is InChI=1S/C29H44O2/c1-4-6-8-10-11-15-21-29(28(30)25(3)31-24-16-9-7-5-2)22-19-27(20-23-29)26-17-13-12-14-18-26/h12-14,17-20,22,25H,4-11,15-16,21,23-24H2,1-3H3. The summed E-state index contributed by atoms with van der Waals surface area (Å²) in [6.07, 6.45) is 20.2. The normalized spacial score (nSPS) is 19.3. The number of unbranched alkanes of at least 4 members (excludes halogenated alkanes) is 8. The van der Waals surface area contributed by atoms with Crippen molar-refractivity contribution in [1.82, 2.24) is 0 Å². The SMILES string of the molecule is CCCCCCCCC1(C(=O)C(C)OCCCCCC)C=CC(c2ccccc2)=CC1. The Hall–Kier alpha value is -1.67. The maximum Gasteiger partial charge on any atom is 0.171 e. The van der Waals surface area contributed by atoms with Crippen LogP contribution in [0.4, 0.5) is 0 Å². The summed E-state index contributed by atoms with van der Waals surface area (Å²) in [4.78, 5) is 13.5. The van der Waals surface area contributed by atoms with Crippen LogP contribution in [-0.2, 0) is 9.53 Å². The summed E-state index contributed by atoms with van der Waals surface area (Å²) in [7, 11) is 0. The molecule has 2 unspecified atom stereocenters. The lowest BCUT2D eigenvalue weighted by Crippen LogP contribution is -2.38. The largest absolute Gasteiger partial charge is 0.371 e. The van der Waals surface area contributed by atoms with Gasteiger partial charge in [-0.2, -0.15) is 0 Å². The highest BCUT2D eigenvalue weighted by Gasteiger charge is 2.38. The average Bonchev–Trinajstić information content (AvgIpc) is 2.81. The Bertz CT molecular complexity index is 688. The van der Waals surface area contributed by atoms with E-state index in [0.717, 1.165) is 25.7 Å². The molecule has 0 amide bonds. The Kier molecular flexibility index (Phi) is 11.9. The van der Waals surface area contributed by atoms with Gasteiger partial charge < -0.3 is 4.74 Å². The van der Waals surface area contributed by atoms with Gasteiger partial charge in [-0.25, -0.2) is 0 Å². The van der Waals surface area contributed by atoms with Crippen LogP contribution in [0.3, 0.4) is 0 Å². The van der Waals surface area contributed by atoms with E-state index < -0.39 is 5.41 Å².